The van der Waals surface area contributed by atoms with E-state index in [-0.39, 0.29) is 5.60 Å². The average Bonchev–Trinajstić information content (AvgIpc) is 2.46. The SMILES string of the molecule is COC1(c2ccnc(C#N)c2)[C@@H]2CCC[C@H]1CN(C)C2. The third-order valence-electron chi connectivity index (χ3n) is 5.05. The van der Waals surface area contributed by atoms with Crippen LogP contribution in [0.25, 0.3) is 0 Å². The minimum Gasteiger partial charge on any atom is -0.373 e. The fourth-order valence-electron chi connectivity index (χ4n) is 4.31. The summed E-state index contributed by atoms with van der Waals surface area (Å²) in [6.07, 6.45) is 5.41. The van der Waals surface area contributed by atoms with Crippen LogP contribution in [0.1, 0.15) is 30.5 Å². The molecule has 106 valence electrons. The number of aromatic nitrogens is 1. The minimum absolute atomic E-state index is 0.237. The third-order valence-corrected chi connectivity index (χ3v) is 5.05. The van der Waals surface area contributed by atoms with E-state index in [9.17, 15) is 0 Å². The molecule has 20 heavy (non-hydrogen) atoms. The lowest BCUT2D eigenvalue weighted by Gasteiger charge is -2.54. The monoisotopic (exact) mass is 271 g/mol. The Kier molecular flexibility index (Phi) is 3.49. The zero-order valence-corrected chi connectivity index (χ0v) is 12.2. The molecule has 0 spiro atoms. The molecule has 1 unspecified atom stereocenters. The lowest BCUT2D eigenvalue weighted by atomic mass is 9.62. The molecule has 2 heterocycles. The molecule has 4 nitrogen and oxygen atoms in total. The third kappa shape index (κ3) is 1.93. The Bertz CT molecular complexity index is 523. The van der Waals surface area contributed by atoms with Gasteiger partial charge in [-0.2, -0.15) is 5.26 Å². The van der Waals surface area contributed by atoms with E-state index in [1.54, 1.807) is 6.20 Å². The molecule has 1 aromatic rings. The number of ether oxygens (including phenoxy) is 1. The summed E-state index contributed by atoms with van der Waals surface area (Å²) in [5.41, 5.74) is 1.38. The first kappa shape index (κ1) is 13.5. The fraction of sp³-hybridized carbons (Fsp3) is 0.625. The number of pyridine rings is 1. The predicted octanol–water partition coefficient (Wildman–Crippen LogP) is 2.16. The van der Waals surface area contributed by atoms with Crippen molar-refractivity contribution in [2.45, 2.75) is 24.9 Å². The highest BCUT2D eigenvalue weighted by Gasteiger charge is 2.52. The second kappa shape index (κ2) is 5.16. The van der Waals surface area contributed by atoms with Crippen LogP contribution < -0.4 is 0 Å². The van der Waals surface area contributed by atoms with E-state index >= 15 is 0 Å². The van der Waals surface area contributed by atoms with Crippen molar-refractivity contribution < 1.29 is 4.74 Å². The normalized spacial score (nSPS) is 33.6. The van der Waals surface area contributed by atoms with Gasteiger partial charge in [-0.15, -0.1) is 0 Å². The molecule has 1 aromatic heterocycles. The average molecular weight is 271 g/mol. The Morgan fingerprint density at radius 1 is 1.40 bits per heavy atom. The van der Waals surface area contributed by atoms with Crippen LogP contribution in [0.5, 0.6) is 0 Å². The summed E-state index contributed by atoms with van der Waals surface area (Å²) in [6, 6.07) is 6.09. The molecule has 0 aromatic carbocycles. The zero-order valence-electron chi connectivity index (χ0n) is 12.2. The van der Waals surface area contributed by atoms with Crippen molar-refractivity contribution in [3.05, 3.63) is 29.6 Å². The molecular formula is C16H21N3O. The second-order valence-corrected chi connectivity index (χ2v) is 6.08. The van der Waals surface area contributed by atoms with E-state index in [4.69, 9.17) is 10.00 Å². The summed E-state index contributed by atoms with van der Waals surface area (Å²) >= 11 is 0. The first-order valence-electron chi connectivity index (χ1n) is 7.31. The van der Waals surface area contributed by atoms with Crippen LogP contribution in [0.4, 0.5) is 0 Å². The highest BCUT2D eigenvalue weighted by molar-refractivity contribution is 5.32. The second-order valence-electron chi connectivity index (χ2n) is 6.08. The van der Waals surface area contributed by atoms with Crippen molar-refractivity contribution >= 4 is 0 Å². The summed E-state index contributed by atoms with van der Waals surface area (Å²) in [4.78, 5) is 6.51. The number of hydrogen-bond donors (Lipinski definition) is 0. The largest absolute Gasteiger partial charge is 0.373 e. The molecule has 1 aliphatic heterocycles. The standard InChI is InChI=1S/C16H21N3O/c1-19-10-13-4-3-5-14(11-19)16(13,20-2)12-6-7-18-15(8-12)9-17/h6-8,13-14H,3-5,10-11H2,1-2H3/t13-,14+,16?. The predicted molar refractivity (Wildman–Crippen MR) is 76.0 cm³/mol. The highest BCUT2D eigenvalue weighted by atomic mass is 16.5. The van der Waals surface area contributed by atoms with Crippen molar-refractivity contribution in [3.8, 4) is 6.07 Å². The van der Waals surface area contributed by atoms with E-state index in [1.807, 2.05) is 19.2 Å². The molecule has 2 bridgehead atoms. The van der Waals surface area contributed by atoms with Gasteiger partial charge in [-0.1, -0.05) is 6.42 Å². The van der Waals surface area contributed by atoms with Gasteiger partial charge in [-0.25, -0.2) is 4.98 Å². The van der Waals surface area contributed by atoms with E-state index in [1.165, 1.54) is 19.3 Å². The molecule has 2 fully saturated rings. The van der Waals surface area contributed by atoms with Crippen LogP contribution in [0.15, 0.2) is 18.3 Å². The Morgan fingerprint density at radius 3 is 2.70 bits per heavy atom. The number of piperidine rings is 1. The maximum Gasteiger partial charge on any atom is 0.140 e. The molecule has 4 heteroatoms. The van der Waals surface area contributed by atoms with E-state index in [0.717, 1.165) is 18.7 Å². The van der Waals surface area contributed by atoms with Crippen molar-refractivity contribution in [3.63, 3.8) is 0 Å². The zero-order chi connectivity index (χ0) is 14.2. The van der Waals surface area contributed by atoms with Crippen LogP contribution >= 0.6 is 0 Å². The maximum absolute atomic E-state index is 9.10. The van der Waals surface area contributed by atoms with E-state index in [0.29, 0.717) is 17.5 Å². The van der Waals surface area contributed by atoms with Gasteiger partial charge in [0.25, 0.3) is 0 Å². The van der Waals surface area contributed by atoms with Gasteiger partial charge in [0.05, 0.1) is 0 Å². The highest BCUT2D eigenvalue weighted by Crippen LogP contribution is 2.51. The van der Waals surface area contributed by atoms with E-state index in [2.05, 4.69) is 23.0 Å². The van der Waals surface area contributed by atoms with Gasteiger partial charge in [-0.3, -0.25) is 0 Å². The Balaban J connectivity index is 2.08. The summed E-state index contributed by atoms with van der Waals surface area (Å²) in [5, 5.41) is 9.10. The van der Waals surface area contributed by atoms with Crippen molar-refractivity contribution in [2.75, 3.05) is 27.2 Å². The summed E-state index contributed by atoms with van der Waals surface area (Å²) in [6.45, 7) is 2.13. The van der Waals surface area contributed by atoms with Crippen molar-refractivity contribution in [1.29, 1.82) is 5.26 Å². The maximum atomic E-state index is 9.10. The number of rotatable bonds is 2. The summed E-state index contributed by atoms with van der Waals surface area (Å²) < 4.78 is 6.12. The lowest BCUT2D eigenvalue weighted by molar-refractivity contribution is -0.165. The van der Waals surface area contributed by atoms with Gasteiger partial charge < -0.3 is 9.64 Å². The van der Waals surface area contributed by atoms with Crippen molar-refractivity contribution in [1.82, 2.24) is 9.88 Å². The van der Waals surface area contributed by atoms with Crippen LogP contribution in [0.3, 0.4) is 0 Å². The smallest absolute Gasteiger partial charge is 0.140 e. The number of nitriles is 1. The molecule has 1 saturated carbocycles. The molecule has 0 radical (unpaired) electrons. The Hall–Kier alpha value is -1.44. The Morgan fingerprint density at radius 2 is 2.10 bits per heavy atom. The van der Waals surface area contributed by atoms with Gasteiger partial charge in [-0.05, 0) is 37.6 Å². The quantitative estimate of drug-likeness (QED) is 0.827. The number of likely N-dealkylation sites (tertiary alicyclic amines) is 1. The van der Waals surface area contributed by atoms with Crippen LogP contribution in [0, 0.1) is 23.2 Å². The minimum atomic E-state index is -0.237. The van der Waals surface area contributed by atoms with E-state index < -0.39 is 0 Å². The van der Waals surface area contributed by atoms with Crippen LogP contribution in [-0.4, -0.2) is 37.1 Å². The van der Waals surface area contributed by atoms with Gasteiger partial charge in [0, 0.05) is 38.2 Å². The lowest BCUT2D eigenvalue weighted by Crippen LogP contribution is -2.58. The van der Waals surface area contributed by atoms with Crippen molar-refractivity contribution in [2.24, 2.45) is 11.8 Å². The number of hydrogen-bond acceptors (Lipinski definition) is 4. The topological polar surface area (TPSA) is 49.1 Å². The molecule has 0 N–H and O–H groups in total. The first-order chi connectivity index (χ1) is 9.70. The summed E-state index contributed by atoms with van der Waals surface area (Å²) in [7, 11) is 4.02. The Labute approximate surface area is 120 Å². The number of fused-ring (bicyclic) bond motifs is 2. The summed E-state index contributed by atoms with van der Waals surface area (Å²) in [5.74, 6) is 0.998. The van der Waals surface area contributed by atoms with Gasteiger partial charge in [0.2, 0.25) is 0 Å². The van der Waals surface area contributed by atoms with Gasteiger partial charge >= 0.3 is 0 Å². The fourth-order valence-corrected chi connectivity index (χ4v) is 4.31. The first-order valence-corrected chi connectivity index (χ1v) is 7.31. The molecule has 1 saturated heterocycles. The van der Waals surface area contributed by atoms with Gasteiger partial charge in [0.15, 0.2) is 0 Å². The van der Waals surface area contributed by atoms with Crippen LogP contribution in [-0.2, 0) is 10.3 Å². The molecule has 3 rings (SSSR count). The molecular weight excluding hydrogens is 250 g/mol. The van der Waals surface area contributed by atoms with Gasteiger partial charge in [0.1, 0.15) is 17.4 Å². The molecule has 0 amide bonds. The molecule has 1 aliphatic carbocycles. The van der Waals surface area contributed by atoms with Crippen LogP contribution in [0.2, 0.25) is 0 Å². The molecule has 3 atom stereocenters. The number of methoxy groups -OCH3 is 1. The molecule has 2 aliphatic rings. The number of nitrogens with zero attached hydrogens (tertiary/aromatic N) is 3.